The molecule has 1 saturated carbocycles. The third kappa shape index (κ3) is 4.26. The summed E-state index contributed by atoms with van der Waals surface area (Å²) < 4.78 is 89.6. The topological polar surface area (TPSA) is 166 Å². The van der Waals surface area contributed by atoms with E-state index < -0.39 is 66.5 Å². The highest BCUT2D eigenvalue weighted by molar-refractivity contribution is 6.24. The third-order valence-corrected chi connectivity index (χ3v) is 7.14. The molecule has 42 heavy (non-hydrogen) atoms. The molecule has 4 aromatic heterocycles. The van der Waals surface area contributed by atoms with Crippen molar-refractivity contribution in [3.05, 3.63) is 42.0 Å². The van der Waals surface area contributed by atoms with Crippen LogP contribution in [0.5, 0.6) is 0 Å². The fourth-order valence-electron chi connectivity index (χ4n) is 4.99. The van der Waals surface area contributed by atoms with Crippen LogP contribution in [0.25, 0.3) is 22.6 Å². The van der Waals surface area contributed by atoms with Crippen molar-refractivity contribution in [1.29, 1.82) is 0 Å². The lowest BCUT2D eigenvalue weighted by atomic mass is 9.76. The number of fused-ring (bicyclic) bond motifs is 2. The summed E-state index contributed by atoms with van der Waals surface area (Å²) in [7, 11) is 0. The fraction of sp³-hybridized carbons (Fsp3) is 0.360. The first-order valence-electron chi connectivity index (χ1n) is 14.0. The van der Waals surface area contributed by atoms with Crippen LogP contribution in [0.3, 0.4) is 0 Å². The number of carbonyl (C=O) groups is 2. The molecule has 2 aliphatic rings. The number of pyridine rings is 1. The second kappa shape index (κ2) is 9.35. The summed E-state index contributed by atoms with van der Waals surface area (Å²) in [5.74, 6) is -8.24. The van der Waals surface area contributed by atoms with E-state index >= 15 is 0 Å². The molecule has 218 valence electrons. The Balaban J connectivity index is 1.47. The molecule has 1 atom stereocenters. The first kappa shape index (κ1) is 23.8. The number of anilines is 3. The van der Waals surface area contributed by atoms with Gasteiger partial charge in [0, 0.05) is 30.1 Å². The minimum absolute atomic E-state index is 0.0132. The molecule has 0 saturated heterocycles. The van der Waals surface area contributed by atoms with Gasteiger partial charge < -0.3 is 16.4 Å². The first-order chi connectivity index (χ1) is 21.0. The van der Waals surface area contributed by atoms with Crippen molar-refractivity contribution in [2.45, 2.75) is 43.2 Å². The van der Waals surface area contributed by atoms with Crippen LogP contribution in [0.2, 0.25) is 0 Å². The van der Waals surface area contributed by atoms with E-state index in [1.165, 1.54) is 12.3 Å². The van der Waals surface area contributed by atoms with Crippen LogP contribution >= 0.6 is 0 Å². The van der Waals surface area contributed by atoms with Crippen LogP contribution < -0.4 is 16.4 Å². The SMILES string of the molecule is [2H]C([2H])([2H])n1ncc2c(-c3nc(N)c4c(n3)NC(=O)C4(C(=O)Nc3ccccn3)C3CC3)nc(CCC(F)(F)C(F)(F)F)nc21. The lowest BCUT2D eigenvalue weighted by molar-refractivity contribution is -0.284. The zero-order chi connectivity index (χ0) is 32.5. The minimum Gasteiger partial charge on any atom is -0.383 e. The van der Waals surface area contributed by atoms with Gasteiger partial charge in [0.25, 0.3) is 0 Å². The van der Waals surface area contributed by atoms with E-state index in [1.807, 2.05) is 0 Å². The summed E-state index contributed by atoms with van der Waals surface area (Å²) in [5.41, 5.74) is 3.79. The summed E-state index contributed by atoms with van der Waals surface area (Å²) >= 11 is 0. The molecule has 0 spiro atoms. The maximum absolute atomic E-state index is 13.7. The van der Waals surface area contributed by atoms with E-state index in [0.29, 0.717) is 17.5 Å². The number of nitrogens with two attached hydrogens (primary N) is 1. The van der Waals surface area contributed by atoms with Crippen LogP contribution in [0, 0.1) is 5.92 Å². The number of aromatic nitrogens is 7. The lowest BCUT2D eigenvalue weighted by Gasteiger charge is -2.26. The van der Waals surface area contributed by atoms with Gasteiger partial charge in [0.1, 0.15) is 29.0 Å². The van der Waals surface area contributed by atoms with Crippen LogP contribution in [0.15, 0.2) is 30.6 Å². The van der Waals surface area contributed by atoms with E-state index in [0.717, 1.165) is 6.20 Å². The zero-order valence-corrected chi connectivity index (χ0v) is 21.2. The smallest absolute Gasteiger partial charge is 0.383 e. The number of halogens is 5. The molecule has 1 aliphatic carbocycles. The highest BCUT2D eigenvalue weighted by Crippen LogP contribution is 2.55. The monoisotopic (exact) mass is 591 g/mol. The van der Waals surface area contributed by atoms with Crippen molar-refractivity contribution in [1.82, 2.24) is 34.7 Å². The fourth-order valence-corrected chi connectivity index (χ4v) is 4.99. The number of hydrogen-bond acceptors (Lipinski definition) is 9. The summed E-state index contributed by atoms with van der Waals surface area (Å²) in [6, 6.07) is 4.79. The number of carbonyl (C=O) groups excluding carboxylic acids is 2. The Kier molecular flexibility index (Phi) is 5.31. The number of aryl methyl sites for hydroxylation is 2. The molecule has 1 aliphatic heterocycles. The van der Waals surface area contributed by atoms with E-state index in [9.17, 15) is 31.5 Å². The first-order valence-corrected chi connectivity index (χ1v) is 12.5. The average Bonchev–Trinajstić information content (AvgIpc) is 3.62. The molecule has 2 amide bonds. The van der Waals surface area contributed by atoms with Gasteiger partial charge in [-0.05, 0) is 30.9 Å². The number of nitrogens with zero attached hydrogens (tertiary/aromatic N) is 7. The van der Waals surface area contributed by atoms with Crippen molar-refractivity contribution in [2.75, 3.05) is 16.4 Å². The predicted octanol–water partition coefficient (Wildman–Crippen LogP) is 3.17. The molecule has 17 heteroatoms. The quantitative estimate of drug-likeness (QED) is 0.216. The second-order valence-corrected chi connectivity index (χ2v) is 9.85. The van der Waals surface area contributed by atoms with Gasteiger partial charge in [-0.2, -0.15) is 27.1 Å². The Morgan fingerprint density at radius 2 is 2.00 bits per heavy atom. The average molecular weight is 592 g/mol. The van der Waals surface area contributed by atoms with Gasteiger partial charge in [0.05, 0.1) is 17.1 Å². The van der Waals surface area contributed by atoms with Crippen LogP contribution in [0.1, 0.15) is 34.8 Å². The highest BCUT2D eigenvalue weighted by Gasteiger charge is 2.63. The largest absolute Gasteiger partial charge is 0.453 e. The Bertz CT molecular complexity index is 1850. The molecule has 12 nitrogen and oxygen atoms in total. The number of nitrogen functional groups attached to an aromatic ring is 1. The maximum atomic E-state index is 13.7. The van der Waals surface area contributed by atoms with Crippen molar-refractivity contribution in [3.8, 4) is 11.5 Å². The zero-order valence-electron chi connectivity index (χ0n) is 24.2. The molecule has 0 bridgehead atoms. The normalized spacial score (nSPS) is 20.0. The molecule has 5 heterocycles. The van der Waals surface area contributed by atoms with E-state index in [1.54, 1.807) is 12.1 Å². The van der Waals surface area contributed by atoms with Crippen LogP contribution in [-0.4, -0.2) is 58.6 Å². The number of amides is 2. The lowest BCUT2D eigenvalue weighted by Crippen LogP contribution is -2.48. The van der Waals surface area contributed by atoms with Crippen molar-refractivity contribution in [2.24, 2.45) is 12.9 Å². The summed E-state index contributed by atoms with van der Waals surface area (Å²) in [6.45, 7) is -2.92. The minimum atomic E-state index is -5.84. The molecule has 0 aromatic carbocycles. The van der Waals surface area contributed by atoms with Crippen molar-refractivity contribution in [3.63, 3.8) is 0 Å². The molecule has 1 fully saturated rings. The Morgan fingerprint density at radius 3 is 2.67 bits per heavy atom. The van der Waals surface area contributed by atoms with Gasteiger partial charge in [0.2, 0.25) is 11.8 Å². The van der Waals surface area contributed by atoms with Crippen LogP contribution in [-0.2, 0) is 28.4 Å². The van der Waals surface area contributed by atoms with Crippen LogP contribution in [0.4, 0.5) is 39.4 Å². The number of rotatable bonds is 7. The number of hydrogen-bond donors (Lipinski definition) is 3. The molecule has 6 rings (SSSR count). The molecule has 4 aromatic rings. The molecular formula is C25H21F5N10O2. The summed E-state index contributed by atoms with van der Waals surface area (Å²) in [6.07, 6.45) is -5.09. The van der Waals surface area contributed by atoms with E-state index in [2.05, 4.69) is 40.7 Å². The summed E-state index contributed by atoms with van der Waals surface area (Å²) in [4.78, 5) is 47.8. The third-order valence-electron chi connectivity index (χ3n) is 7.14. The number of alkyl halides is 5. The van der Waals surface area contributed by atoms with Crippen molar-refractivity contribution >= 4 is 40.3 Å². The van der Waals surface area contributed by atoms with Gasteiger partial charge in [0.15, 0.2) is 16.9 Å². The Hall–Kier alpha value is -4.83. The molecule has 4 N–H and O–H groups in total. The van der Waals surface area contributed by atoms with E-state index in [-0.39, 0.29) is 39.9 Å². The molecular weight excluding hydrogens is 567 g/mol. The van der Waals surface area contributed by atoms with Gasteiger partial charge in [-0.25, -0.2) is 24.9 Å². The van der Waals surface area contributed by atoms with Crippen molar-refractivity contribution < 1.29 is 35.7 Å². The highest BCUT2D eigenvalue weighted by atomic mass is 19.4. The second-order valence-electron chi connectivity index (χ2n) is 9.85. The maximum Gasteiger partial charge on any atom is 0.453 e. The predicted molar refractivity (Wildman–Crippen MR) is 137 cm³/mol. The Labute approximate surface area is 237 Å². The van der Waals surface area contributed by atoms with Gasteiger partial charge >= 0.3 is 12.1 Å². The van der Waals surface area contributed by atoms with Gasteiger partial charge in [-0.15, -0.1) is 0 Å². The number of nitrogens with one attached hydrogen (secondary N) is 2. The van der Waals surface area contributed by atoms with Gasteiger partial charge in [-0.3, -0.25) is 14.3 Å². The standard InChI is InChI=1S/C25H21F5N10O2/c1-40-20-12(10-33-40)16(34-14(35-20)7-8-23(26,27)25(28,29)30)19-37-17(31)15-18(38-19)39-22(42)24(15,11-5-6-11)21(41)36-13-4-2-3-9-32-13/h2-4,9-11H,5-8H2,1H3,(H,32,36,41)(H3,31,37,38,39,42)/i1D3. The van der Waals surface area contributed by atoms with E-state index in [4.69, 9.17) is 9.85 Å². The van der Waals surface area contributed by atoms with Gasteiger partial charge in [-0.1, -0.05) is 6.07 Å². The molecule has 0 radical (unpaired) electrons. The Morgan fingerprint density at radius 1 is 1.21 bits per heavy atom. The summed E-state index contributed by atoms with van der Waals surface area (Å²) in [5, 5.41) is 8.86. The molecule has 1 unspecified atom stereocenters.